The highest BCUT2D eigenvalue weighted by molar-refractivity contribution is 7.92. The van der Waals surface area contributed by atoms with Crippen LogP contribution in [-0.4, -0.2) is 25.3 Å². The van der Waals surface area contributed by atoms with Crippen molar-refractivity contribution in [3.63, 3.8) is 0 Å². The average Bonchev–Trinajstić information content (AvgIpc) is 2.53. The van der Waals surface area contributed by atoms with Crippen LogP contribution >= 0.6 is 0 Å². The smallest absolute Gasteiger partial charge is 0.207 e. The van der Waals surface area contributed by atoms with Gasteiger partial charge in [-0.2, -0.15) is 4.31 Å². The van der Waals surface area contributed by atoms with Crippen molar-refractivity contribution in [3.8, 4) is 0 Å². The first kappa shape index (κ1) is 14.8. The predicted molar refractivity (Wildman–Crippen MR) is 86.1 cm³/mol. The third-order valence-electron chi connectivity index (χ3n) is 4.75. The van der Waals surface area contributed by atoms with Crippen molar-refractivity contribution in [1.82, 2.24) is 4.31 Å². The molecule has 1 aromatic carbocycles. The minimum absolute atomic E-state index is 0.234. The van der Waals surface area contributed by atoms with E-state index in [4.69, 9.17) is 0 Å². The van der Waals surface area contributed by atoms with E-state index in [9.17, 15) is 8.42 Å². The summed E-state index contributed by atoms with van der Waals surface area (Å²) in [7, 11) is -3.30. The van der Waals surface area contributed by atoms with Gasteiger partial charge in [0.05, 0.1) is 0 Å². The Labute approximate surface area is 127 Å². The second-order valence-corrected chi connectivity index (χ2v) is 7.89. The van der Waals surface area contributed by atoms with Crippen LogP contribution < -0.4 is 0 Å². The second kappa shape index (κ2) is 6.32. The van der Waals surface area contributed by atoms with Gasteiger partial charge in [-0.3, -0.25) is 0 Å². The Morgan fingerprint density at radius 3 is 2.52 bits per heavy atom. The van der Waals surface area contributed by atoms with Crippen molar-refractivity contribution in [2.45, 2.75) is 44.6 Å². The van der Waals surface area contributed by atoms with Gasteiger partial charge in [-0.25, -0.2) is 8.42 Å². The average molecular weight is 305 g/mol. The number of hydrogen-bond donors (Lipinski definition) is 0. The number of sulfonamides is 1. The van der Waals surface area contributed by atoms with Gasteiger partial charge in [0.2, 0.25) is 10.0 Å². The zero-order valence-corrected chi connectivity index (χ0v) is 13.1. The third kappa shape index (κ3) is 3.38. The van der Waals surface area contributed by atoms with Gasteiger partial charge in [-0.15, -0.1) is 0 Å². The molecule has 0 N–H and O–H groups in total. The highest BCUT2D eigenvalue weighted by atomic mass is 32.2. The predicted octanol–water partition coefficient (Wildman–Crippen LogP) is 3.64. The van der Waals surface area contributed by atoms with Crippen molar-refractivity contribution < 1.29 is 8.42 Å². The minimum Gasteiger partial charge on any atom is -0.207 e. The van der Waals surface area contributed by atoms with E-state index in [1.807, 2.05) is 30.3 Å². The molecule has 2 atom stereocenters. The van der Waals surface area contributed by atoms with Gasteiger partial charge in [0.1, 0.15) is 0 Å². The maximum atomic E-state index is 12.7. The SMILES string of the molecule is O=S(=O)(/C=C/c1ccccc1)N1CCC[C@@H]2CCCC[C@@H]21. The molecule has 1 saturated heterocycles. The highest BCUT2D eigenvalue weighted by Crippen LogP contribution is 2.36. The highest BCUT2D eigenvalue weighted by Gasteiger charge is 2.38. The van der Waals surface area contributed by atoms with Crippen LogP contribution in [-0.2, 0) is 10.0 Å². The zero-order valence-electron chi connectivity index (χ0n) is 12.3. The Balaban J connectivity index is 1.78. The molecule has 2 aliphatic rings. The van der Waals surface area contributed by atoms with Crippen LogP contribution in [0.5, 0.6) is 0 Å². The van der Waals surface area contributed by atoms with Crippen LogP contribution in [0.4, 0.5) is 0 Å². The molecule has 4 heteroatoms. The van der Waals surface area contributed by atoms with Crippen molar-refractivity contribution in [2.75, 3.05) is 6.54 Å². The summed E-state index contributed by atoms with van der Waals surface area (Å²) < 4.78 is 27.1. The molecule has 3 nitrogen and oxygen atoms in total. The Kier molecular flexibility index (Phi) is 4.45. The van der Waals surface area contributed by atoms with Gasteiger partial charge in [0.25, 0.3) is 0 Å². The lowest BCUT2D eigenvalue weighted by atomic mass is 9.79. The number of nitrogens with zero attached hydrogens (tertiary/aromatic N) is 1. The lowest BCUT2D eigenvalue weighted by Crippen LogP contribution is -2.48. The molecule has 0 radical (unpaired) electrons. The van der Waals surface area contributed by atoms with Gasteiger partial charge in [-0.1, -0.05) is 43.2 Å². The van der Waals surface area contributed by atoms with E-state index in [1.165, 1.54) is 24.7 Å². The van der Waals surface area contributed by atoms with Gasteiger partial charge in [0, 0.05) is 18.0 Å². The van der Waals surface area contributed by atoms with E-state index < -0.39 is 10.0 Å². The number of benzene rings is 1. The van der Waals surface area contributed by atoms with Crippen molar-refractivity contribution >= 4 is 16.1 Å². The molecular formula is C17H23NO2S. The quantitative estimate of drug-likeness (QED) is 0.855. The van der Waals surface area contributed by atoms with Gasteiger partial charge >= 0.3 is 0 Å². The fourth-order valence-corrected chi connectivity index (χ4v) is 5.23. The van der Waals surface area contributed by atoms with Gasteiger partial charge in [-0.05, 0) is 43.2 Å². The lowest BCUT2D eigenvalue weighted by molar-refractivity contribution is 0.130. The molecule has 114 valence electrons. The van der Waals surface area contributed by atoms with Crippen LogP contribution in [0, 0.1) is 5.92 Å². The van der Waals surface area contributed by atoms with E-state index in [2.05, 4.69) is 0 Å². The molecule has 0 spiro atoms. The first-order valence-corrected chi connectivity index (χ1v) is 9.42. The lowest BCUT2D eigenvalue weighted by Gasteiger charge is -2.42. The molecule has 1 aliphatic carbocycles. The molecule has 1 aliphatic heterocycles. The minimum atomic E-state index is -3.30. The van der Waals surface area contributed by atoms with E-state index in [0.29, 0.717) is 12.5 Å². The standard InChI is InChI=1S/C17H23NO2S/c19-21(20,14-12-15-7-2-1-3-8-15)18-13-6-10-16-9-4-5-11-17(16)18/h1-3,7-8,12,14,16-17H,4-6,9-11,13H2/b14-12+/t16-,17-/m0/s1. The molecule has 1 heterocycles. The maximum absolute atomic E-state index is 12.7. The molecule has 3 rings (SSSR count). The first-order valence-electron chi connectivity index (χ1n) is 7.92. The van der Waals surface area contributed by atoms with Crippen LogP contribution in [0.25, 0.3) is 6.08 Å². The fourth-order valence-electron chi connectivity index (χ4n) is 3.70. The molecule has 0 unspecified atom stereocenters. The Morgan fingerprint density at radius 1 is 1.00 bits per heavy atom. The maximum Gasteiger partial charge on any atom is 0.236 e. The number of fused-ring (bicyclic) bond motifs is 1. The van der Waals surface area contributed by atoms with Gasteiger partial charge in [0.15, 0.2) is 0 Å². The largest absolute Gasteiger partial charge is 0.236 e. The zero-order chi connectivity index (χ0) is 14.7. The van der Waals surface area contributed by atoms with Crippen molar-refractivity contribution in [3.05, 3.63) is 41.3 Å². The topological polar surface area (TPSA) is 37.4 Å². The summed E-state index contributed by atoms with van der Waals surface area (Å²) >= 11 is 0. The van der Waals surface area contributed by atoms with E-state index in [1.54, 1.807) is 10.4 Å². The monoisotopic (exact) mass is 305 g/mol. The summed E-state index contributed by atoms with van der Waals surface area (Å²) in [6, 6.07) is 9.85. The molecule has 0 bridgehead atoms. The van der Waals surface area contributed by atoms with Crippen molar-refractivity contribution in [1.29, 1.82) is 0 Å². The summed E-state index contributed by atoms with van der Waals surface area (Å²) in [5.41, 5.74) is 0.929. The molecule has 0 amide bonds. The van der Waals surface area contributed by atoms with Crippen LogP contribution in [0.3, 0.4) is 0 Å². The van der Waals surface area contributed by atoms with Crippen molar-refractivity contribution in [2.24, 2.45) is 5.92 Å². The summed E-state index contributed by atoms with van der Waals surface area (Å²) in [6.45, 7) is 0.683. The van der Waals surface area contributed by atoms with Crippen LogP contribution in [0.15, 0.2) is 35.7 Å². The van der Waals surface area contributed by atoms with E-state index >= 15 is 0 Å². The molecule has 1 saturated carbocycles. The number of rotatable bonds is 3. The Hall–Kier alpha value is -1.13. The Morgan fingerprint density at radius 2 is 1.71 bits per heavy atom. The van der Waals surface area contributed by atoms with E-state index in [0.717, 1.165) is 24.8 Å². The number of piperidine rings is 1. The molecular weight excluding hydrogens is 282 g/mol. The van der Waals surface area contributed by atoms with Crippen LogP contribution in [0.1, 0.15) is 44.1 Å². The molecule has 0 aromatic heterocycles. The molecule has 21 heavy (non-hydrogen) atoms. The summed E-state index contributed by atoms with van der Waals surface area (Å²) in [6.07, 6.45) is 8.55. The fraction of sp³-hybridized carbons (Fsp3) is 0.529. The normalized spacial score (nSPS) is 27.6. The summed E-state index contributed by atoms with van der Waals surface area (Å²) in [5.74, 6) is 0.576. The van der Waals surface area contributed by atoms with E-state index in [-0.39, 0.29) is 6.04 Å². The first-order chi connectivity index (χ1) is 10.2. The van der Waals surface area contributed by atoms with Crippen LogP contribution in [0.2, 0.25) is 0 Å². The van der Waals surface area contributed by atoms with Gasteiger partial charge < -0.3 is 0 Å². The third-order valence-corrected chi connectivity index (χ3v) is 6.34. The number of hydrogen-bond acceptors (Lipinski definition) is 2. The summed E-state index contributed by atoms with van der Waals surface area (Å²) in [4.78, 5) is 0. The Bertz CT molecular complexity index is 592. The molecule has 2 fully saturated rings. The second-order valence-electron chi connectivity index (χ2n) is 6.12. The molecule has 1 aromatic rings. The summed E-state index contributed by atoms with van der Waals surface area (Å²) in [5, 5.41) is 1.39.